The van der Waals surface area contributed by atoms with Gasteiger partial charge in [-0.3, -0.25) is 14.5 Å². The molecule has 0 bridgehead atoms. The van der Waals surface area contributed by atoms with Crippen molar-refractivity contribution in [2.24, 2.45) is 7.05 Å². The number of anilines is 1. The molecule has 0 unspecified atom stereocenters. The third-order valence-electron chi connectivity index (χ3n) is 2.73. The minimum absolute atomic E-state index is 0.145. The number of ether oxygens (including phenoxy) is 1. The van der Waals surface area contributed by atoms with Crippen molar-refractivity contribution < 1.29 is 14.3 Å². The van der Waals surface area contributed by atoms with Crippen LogP contribution in [-0.2, 0) is 11.8 Å². The van der Waals surface area contributed by atoms with Crippen molar-refractivity contribution in [2.45, 2.75) is 13.8 Å². The zero-order valence-electron chi connectivity index (χ0n) is 12.0. The average Bonchev–Trinajstić information content (AvgIpc) is 2.74. The molecule has 2 aromatic heterocycles. The van der Waals surface area contributed by atoms with Gasteiger partial charge in [-0.25, -0.2) is 9.78 Å². The molecule has 0 fully saturated rings. The lowest BCUT2D eigenvalue weighted by atomic mass is 10.2. The highest BCUT2D eigenvalue weighted by molar-refractivity contribution is 6.06. The molecule has 2 rings (SSSR count). The summed E-state index contributed by atoms with van der Waals surface area (Å²) in [5.41, 5.74) is 0.855. The zero-order valence-corrected chi connectivity index (χ0v) is 12.0. The van der Waals surface area contributed by atoms with Crippen molar-refractivity contribution in [3.05, 3.63) is 35.5 Å². The predicted molar refractivity (Wildman–Crippen MR) is 73.9 cm³/mol. The molecule has 0 radical (unpaired) electrons. The first-order valence-electron chi connectivity index (χ1n) is 6.32. The first kappa shape index (κ1) is 14.6. The summed E-state index contributed by atoms with van der Waals surface area (Å²) in [6.45, 7) is 3.62. The van der Waals surface area contributed by atoms with Gasteiger partial charge in [-0.1, -0.05) is 0 Å². The second kappa shape index (κ2) is 6.12. The maximum Gasteiger partial charge on any atom is 0.343 e. The van der Waals surface area contributed by atoms with E-state index in [9.17, 15) is 9.59 Å². The number of esters is 1. The van der Waals surface area contributed by atoms with Crippen molar-refractivity contribution in [1.82, 2.24) is 19.7 Å². The van der Waals surface area contributed by atoms with Crippen molar-refractivity contribution in [3.8, 4) is 0 Å². The van der Waals surface area contributed by atoms with Gasteiger partial charge in [0.25, 0.3) is 5.91 Å². The largest absolute Gasteiger partial charge is 0.462 e. The maximum absolute atomic E-state index is 12.1. The molecular weight excluding hydrogens is 274 g/mol. The number of hydrogen-bond acceptors (Lipinski definition) is 6. The number of nitrogens with zero attached hydrogens (tertiary/aromatic N) is 4. The minimum Gasteiger partial charge on any atom is -0.462 e. The van der Waals surface area contributed by atoms with Gasteiger partial charge in [0.05, 0.1) is 18.5 Å². The molecule has 0 saturated heterocycles. The van der Waals surface area contributed by atoms with Crippen LogP contribution in [-0.4, -0.2) is 38.2 Å². The molecule has 0 spiro atoms. The van der Waals surface area contributed by atoms with Crippen LogP contribution >= 0.6 is 0 Å². The van der Waals surface area contributed by atoms with Crippen LogP contribution in [0.15, 0.2) is 18.6 Å². The Bertz CT molecular complexity index is 666. The fourth-order valence-corrected chi connectivity index (χ4v) is 1.84. The second-order valence-corrected chi connectivity index (χ2v) is 4.20. The van der Waals surface area contributed by atoms with E-state index in [4.69, 9.17) is 4.74 Å². The molecule has 110 valence electrons. The van der Waals surface area contributed by atoms with E-state index in [1.54, 1.807) is 20.9 Å². The number of amides is 1. The van der Waals surface area contributed by atoms with Crippen LogP contribution in [0.25, 0.3) is 0 Å². The van der Waals surface area contributed by atoms with Crippen LogP contribution in [0.3, 0.4) is 0 Å². The Morgan fingerprint density at radius 2 is 2.14 bits per heavy atom. The lowest BCUT2D eigenvalue weighted by Gasteiger charge is -2.07. The zero-order chi connectivity index (χ0) is 15.4. The van der Waals surface area contributed by atoms with Crippen LogP contribution in [0, 0.1) is 6.92 Å². The predicted octanol–water partition coefficient (Wildman–Crippen LogP) is 0.948. The average molecular weight is 289 g/mol. The Balaban J connectivity index is 2.32. The van der Waals surface area contributed by atoms with Crippen LogP contribution in [0.1, 0.15) is 33.5 Å². The van der Waals surface area contributed by atoms with Crippen LogP contribution in [0.5, 0.6) is 0 Å². The van der Waals surface area contributed by atoms with Crippen molar-refractivity contribution >= 4 is 17.7 Å². The van der Waals surface area contributed by atoms with Crippen molar-refractivity contribution in [3.63, 3.8) is 0 Å². The molecule has 1 N–H and O–H groups in total. The molecular formula is C13H15N5O3. The molecule has 2 aromatic rings. The normalized spacial score (nSPS) is 10.2. The van der Waals surface area contributed by atoms with Gasteiger partial charge in [0.2, 0.25) is 0 Å². The van der Waals surface area contributed by atoms with Gasteiger partial charge in [-0.2, -0.15) is 5.10 Å². The van der Waals surface area contributed by atoms with Gasteiger partial charge in [0.15, 0.2) is 0 Å². The Morgan fingerprint density at radius 3 is 2.76 bits per heavy atom. The van der Waals surface area contributed by atoms with Crippen LogP contribution in [0.4, 0.5) is 5.82 Å². The molecule has 2 heterocycles. The monoisotopic (exact) mass is 289 g/mol. The molecule has 0 aliphatic carbocycles. The van der Waals surface area contributed by atoms with Crippen molar-refractivity contribution in [1.29, 1.82) is 0 Å². The topological polar surface area (TPSA) is 99.0 Å². The molecule has 0 atom stereocenters. The van der Waals surface area contributed by atoms with Crippen molar-refractivity contribution in [2.75, 3.05) is 11.9 Å². The highest BCUT2D eigenvalue weighted by Crippen LogP contribution is 2.20. The quantitative estimate of drug-likeness (QED) is 0.841. The van der Waals surface area contributed by atoms with E-state index in [2.05, 4.69) is 20.4 Å². The molecule has 8 heteroatoms. The number of carbonyl (C=O) groups excluding carboxylic acids is 2. The van der Waals surface area contributed by atoms with E-state index in [1.807, 2.05) is 0 Å². The number of nitrogens with one attached hydrogen (secondary N) is 1. The van der Waals surface area contributed by atoms with E-state index >= 15 is 0 Å². The summed E-state index contributed by atoms with van der Waals surface area (Å²) in [6, 6.07) is 0. The lowest BCUT2D eigenvalue weighted by Crippen LogP contribution is -2.18. The van der Waals surface area contributed by atoms with E-state index < -0.39 is 11.9 Å². The van der Waals surface area contributed by atoms with Gasteiger partial charge in [0.1, 0.15) is 17.1 Å². The number of hydrogen-bond donors (Lipinski definition) is 1. The molecule has 1 amide bonds. The van der Waals surface area contributed by atoms with E-state index in [0.717, 1.165) is 0 Å². The summed E-state index contributed by atoms with van der Waals surface area (Å²) in [5, 5.41) is 6.74. The van der Waals surface area contributed by atoms with Gasteiger partial charge in [0, 0.05) is 19.4 Å². The molecule has 21 heavy (non-hydrogen) atoms. The van der Waals surface area contributed by atoms with Crippen LogP contribution in [0.2, 0.25) is 0 Å². The number of carbonyl (C=O) groups is 2. The summed E-state index contributed by atoms with van der Waals surface area (Å²) in [5.74, 6) is -0.740. The van der Waals surface area contributed by atoms with Gasteiger partial charge in [-0.05, 0) is 13.8 Å². The minimum atomic E-state index is -0.530. The number of aromatic nitrogens is 4. The molecule has 0 aliphatic heterocycles. The standard InChI is InChI=1S/C13H15N5O3/c1-4-21-13(20)10-8(2)17-18(3)11(10)16-12(19)9-7-14-5-6-15-9/h5-7H,4H2,1-3H3,(H,16,19). The fraction of sp³-hybridized carbons (Fsp3) is 0.308. The third-order valence-corrected chi connectivity index (χ3v) is 2.73. The Kier molecular flexibility index (Phi) is 4.27. The molecule has 0 saturated carbocycles. The summed E-state index contributed by atoms with van der Waals surface area (Å²) >= 11 is 0. The summed E-state index contributed by atoms with van der Waals surface area (Å²) in [6.07, 6.45) is 4.22. The third kappa shape index (κ3) is 3.04. The molecule has 8 nitrogen and oxygen atoms in total. The summed E-state index contributed by atoms with van der Waals surface area (Å²) in [4.78, 5) is 31.8. The van der Waals surface area contributed by atoms with E-state index in [1.165, 1.54) is 23.3 Å². The van der Waals surface area contributed by atoms with Gasteiger partial charge < -0.3 is 10.1 Å². The highest BCUT2D eigenvalue weighted by atomic mass is 16.5. The second-order valence-electron chi connectivity index (χ2n) is 4.20. The lowest BCUT2D eigenvalue weighted by molar-refractivity contribution is 0.0526. The number of rotatable bonds is 4. The van der Waals surface area contributed by atoms with Gasteiger partial charge in [-0.15, -0.1) is 0 Å². The maximum atomic E-state index is 12.1. The summed E-state index contributed by atoms with van der Waals surface area (Å²) < 4.78 is 6.39. The first-order valence-corrected chi connectivity index (χ1v) is 6.32. The van der Waals surface area contributed by atoms with Crippen LogP contribution < -0.4 is 5.32 Å². The summed E-state index contributed by atoms with van der Waals surface area (Å²) in [7, 11) is 1.63. The first-order chi connectivity index (χ1) is 10.0. The SMILES string of the molecule is CCOC(=O)c1c(C)nn(C)c1NC(=O)c1cnccn1. The van der Waals surface area contributed by atoms with Gasteiger partial charge >= 0.3 is 5.97 Å². The molecule has 0 aromatic carbocycles. The Hall–Kier alpha value is -2.77. The smallest absolute Gasteiger partial charge is 0.343 e. The fourth-order valence-electron chi connectivity index (χ4n) is 1.84. The van der Waals surface area contributed by atoms with E-state index in [0.29, 0.717) is 5.69 Å². The highest BCUT2D eigenvalue weighted by Gasteiger charge is 2.23. The Morgan fingerprint density at radius 1 is 1.38 bits per heavy atom. The van der Waals surface area contributed by atoms with E-state index in [-0.39, 0.29) is 23.7 Å². The molecule has 0 aliphatic rings. The number of aryl methyl sites for hydroxylation is 2. The Labute approximate surface area is 121 Å².